The molecule has 2 saturated carbocycles. The molecular weight excluding hydrogens is 433 g/mol. The van der Waals surface area contributed by atoms with Gasteiger partial charge < -0.3 is 20.5 Å². The number of aryl methyl sites for hydroxylation is 1. The fraction of sp³-hybridized carbons (Fsp3) is 0.720. The summed E-state index contributed by atoms with van der Waals surface area (Å²) in [7, 11) is 4.25. The van der Waals surface area contributed by atoms with Gasteiger partial charge in [-0.2, -0.15) is 13.2 Å². The summed E-state index contributed by atoms with van der Waals surface area (Å²) >= 11 is 0. The molecule has 33 heavy (non-hydrogen) atoms. The van der Waals surface area contributed by atoms with Crippen LogP contribution in [0.3, 0.4) is 0 Å². The number of amides is 1. The van der Waals surface area contributed by atoms with Crippen LogP contribution in [0.25, 0.3) is 0 Å². The van der Waals surface area contributed by atoms with Crippen LogP contribution in [0.15, 0.2) is 24.3 Å². The topological polar surface area (TPSA) is 70.6 Å². The van der Waals surface area contributed by atoms with Gasteiger partial charge in [-0.15, -0.1) is 0 Å². The second-order valence-corrected chi connectivity index (χ2v) is 8.75. The van der Waals surface area contributed by atoms with Crippen LogP contribution < -0.4 is 10.6 Å². The average Bonchev–Trinajstić information content (AvgIpc) is 2.75. The van der Waals surface area contributed by atoms with Gasteiger partial charge in [-0.1, -0.05) is 49.9 Å². The van der Waals surface area contributed by atoms with Gasteiger partial charge in [0.15, 0.2) is 0 Å². The van der Waals surface area contributed by atoms with Gasteiger partial charge in [0.2, 0.25) is 5.91 Å². The molecule has 1 amide bonds. The molecule has 0 spiro atoms. The molecule has 3 rings (SSSR count). The lowest BCUT2D eigenvalue weighted by Gasteiger charge is -2.32. The zero-order valence-electron chi connectivity index (χ0n) is 20.8. The molecule has 0 radical (unpaired) electrons. The van der Waals surface area contributed by atoms with Gasteiger partial charge in [0.25, 0.3) is 0 Å². The fourth-order valence-corrected chi connectivity index (χ4v) is 3.97. The Morgan fingerprint density at radius 3 is 2.18 bits per heavy atom. The Kier molecular flexibility index (Phi) is 16.9. The number of methoxy groups -OCH3 is 1. The van der Waals surface area contributed by atoms with Crippen molar-refractivity contribution in [1.82, 2.24) is 10.6 Å². The van der Waals surface area contributed by atoms with Crippen molar-refractivity contribution in [2.75, 3.05) is 34.4 Å². The first-order valence-corrected chi connectivity index (χ1v) is 11.6. The fourth-order valence-electron chi connectivity index (χ4n) is 3.97. The predicted molar refractivity (Wildman–Crippen MR) is 131 cm³/mol. The molecule has 196 valence electrons. The van der Waals surface area contributed by atoms with Crippen molar-refractivity contribution in [3.63, 3.8) is 0 Å². The number of aliphatic hydroxyl groups excluding tert-OH is 1. The highest BCUT2D eigenvalue weighted by Gasteiger charge is 2.30. The third kappa shape index (κ3) is 15.0. The van der Waals surface area contributed by atoms with E-state index in [0.717, 1.165) is 37.6 Å². The van der Waals surface area contributed by atoms with Gasteiger partial charge in [0.1, 0.15) is 0 Å². The summed E-state index contributed by atoms with van der Waals surface area (Å²) in [6, 6.07) is 5.67. The number of ether oxygens (including phenoxy) is 1. The maximum Gasteiger partial charge on any atom is 0.416 e. The molecular formula is C25H47F3N2O3. The zero-order chi connectivity index (χ0) is 25.3. The first-order valence-electron chi connectivity index (χ1n) is 11.6. The van der Waals surface area contributed by atoms with Crippen molar-refractivity contribution < 1.29 is 30.7 Å². The molecule has 5 nitrogen and oxygen atoms in total. The molecule has 3 N–H and O–H groups in total. The molecule has 2 fully saturated rings. The van der Waals surface area contributed by atoms with E-state index in [-0.39, 0.29) is 8.76 Å². The molecule has 0 aliphatic heterocycles. The Hall–Kier alpha value is -1.64. The Balaban J connectivity index is -0.000000496. The van der Waals surface area contributed by atoms with Crippen molar-refractivity contribution in [3.8, 4) is 0 Å². The molecule has 0 saturated heterocycles. The van der Waals surface area contributed by atoms with Crippen molar-refractivity contribution in [2.45, 2.75) is 71.0 Å². The number of nitrogens with one attached hydrogen (secondary N) is 2. The Labute approximate surface area is 200 Å². The average molecular weight is 481 g/mol. The maximum atomic E-state index is 12.0. The van der Waals surface area contributed by atoms with Gasteiger partial charge in [-0.05, 0) is 57.1 Å². The normalized spacial score (nSPS) is 19.9. The lowest BCUT2D eigenvalue weighted by molar-refractivity contribution is -0.137. The second kappa shape index (κ2) is 17.8. The number of carbonyl (C=O) groups excluding carboxylic acids is 1. The van der Waals surface area contributed by atoms with E-state index in [4.69, 9.17) is 5.11 Å². The standard InChI is InChI=1S/C14H26N2O.C8H7F3.C2H6O.CH4O.2H2/c1-11-7-12(8-11)9-15-10-14(17)16-13-5-3-2-4-6-13;1-6-3-2-4-7(5-6)8(9,10)11;1-3-2;1-2;;/h11-13,15H,2-10H2,1H3,(H,16,17);2-5H,1H3;1-2H3;2H,1H3;2*1H. The quantitative estimate of drug-likeness (QED) is 0.524. The van der Waals surface area contributed by atoms with Crippen LogP contribution in [0.5, 0.6) is 0 Å². The van der Waals surface area contributed by atoms with E-state index in [0.29, 0.717) is 18.2 Å². The minimum Gasteiger partial charge on any atom is -0.400 e. The van der Waals surface area contributed by atoms with Gasteiger partial charge in [-0.25, -0.2) is 0 Å². The van der Waals surface area contributed by atoms with Gasteiger partial charge in [0, 0.05) is 30.2 Å². The number of carbonyl (C=O) groups is 1. The van der Waals surface area contributed by atoms with Gasteiger partial charge >= 0.3 is 6.18 Å². The molecule has 0 bridgehead atoms. The van der Waals surface area contributed by atoms with Crippen LogP contribution in [0, 0.1) is 18.8 Å². The monoisotopic (exact) mass is 480 g/mol. The van der Waals surface area contributed by atoms with Crippen molar-refractivity contribution >= 4 is 5.91 Å². The van der Waals surface area contributed by atoms with E-state index in [9.17, 15) is 18.0 Å². The lowest BCUT2D eigenvalue weighted by Crippen LogP contribution is -2.43. The van der Waals surface area contributed by atoms with Crippen LogP contribution in [-0.4, -0.2) is 51.5 Å². The maximum absolute atomic E-state index is 12.0. The molecule has 0 atom stereocenters. The highest BCUT2D eigenvalue weighted by atomic mass is 19.4. The third-order valence-corrected chi connectivity index (χ3v) is 5.51. The number of hydrogen-bond acceptors (Lipinski definition) is 4. The predicted octanol–water partition coefficient (Wildman–Crippen LogP) is 5.45. The van der Waals surface area contributed by atoms with Crippen LogP contribution >= 0.6 is 0 Å². The number of benzene rings is 1. The molecule has 8 heteroatoms. The minimum atomic E-state index is -4.22. The molecule has 0 heterocycles. The largest absolute Gasteiger partial charge is 0.416 e. The summed E-state index contributed by atoms with van der Waals surface area (Å²) in [4.78, 5) is 11.7. The van der Waals surface area contributed by atoms with Gasteiger partial charge in [-0.3, -0.25) is 4.79 Å². The zero-order valence-corrected chi connectivity index (χ0v) is 20.8. The molecule has 2 aliphatic rings. The second-order valence-electron chi connectivity index (χ2n) is 8.75. The molecule has 1 aromatic rings. The first kappa shape index (κ1) is 31.4. The van der Waals surface area contributed by atoms with Crippen LogP contribution in [0.4, 0.5) is 13.2 Å². The number of halogens is 3. The number of alkyl halides is 3. The summed E-state index contributed by atoms with van der Waals surface area (Å²) in [5, 5.41) is 13.4. The summed E-state index contributed by atoms with van der Waals surface area (Å²) in [6.07, 6.45) is 4.68. The third-order valence-electron chi connectivity index (χ3n) is 5.51. The molecule has 1 aromatic carbocycles. The SMILES string of the molecule is CC1CC(CNCC(=O)NC2CCCCC2)C1.CO.COC.Cc1cccc(C(F)(F)F)c1.[HH].[HH]. The molecule has 2 aliphatic carbocycles. The van der Waals surface area contributed by atoms with E-state index in [1.54, 1.807) is 27.2 Å². The molecule has 0 aromatic heterocycles. The highest BCUT2D eigenvalue weighted by Crippen LogP contribution is 2.32. The first-order chi connectivity index (χ1) is 15.7. The van der Waals surface area contributed by atoms with E-state index >= 15 is 0 Å². The van der Waals surface area contributed by atoms with E-state index in [1.807, 2.05) is 0 Å². The Morgan fingerprint density at radius 1 is 1.15 bits per heavy atom. The smallest absolute Gasteiger partial charge is 0.400 e. The Morgan fingerprint density at radius 2 is 1.73 bits per heavy atom. The van der Waals surface area contributed by atoms with Crippen LogP contribution in [0.1, 0.15) is 65.8 Å². The minimum absolute atomic E-state index is 0. The van der Waals surface area contributed by atoms with E-state index < -0.39 is 11.7 Å². The van der Waals surface area contributed by atoms with E-state index in [2.05, 4.69) is 22.3 Å². The number of aliphatic hydroxyl groups is 1. The summed E-state index contributed by atoms with van der Waals surface area (Å²) < 4.78 is 40.2. The van der Waals surface area contributed by atoms with E-state index in [1.165, 1.54) is 51.0 Å². The van der Waals surface area contributed by atoms with Crippen LogP contribution in [0.2, 0.25) is 0 Å². The molecule has 0 unspecified atom stereocenters. The highest BCUT2D eigenvalue weighted by molar-refractivity contribution is 5.78. The van der Waals surface area contributed by atoms with Crippen molar-refractivity contribution in [1.29, 1.82) is 0 Å². The van der Waals surface area contributed by atoms with Crippen LogP contribution in [-0.2, 0) is 15.7 Å². The lowest BCUT2D eigenvalue weighted by atomic mass is 9.76. The Bertz CT molecular complexity index is 641. The van der Waals surface area contributed by atoms with Gasteiger partial charge in [0.05, 0.1) is 12.1 Å². The summed E-state index contributed by atoms with van der Waals surface area (Å²) in [5.41, 5.74) is 0.0392. The van der Waals surface area contributed by atoms with Crippen molar-refractivity contribution in [2.24, 2.45) is 11.8 Å². The number of rotatable bonds is 5. The summed E-state index contributed by atoms with van der Waals surface area (Å²) in [5.74, 6) is 1.90. The summed E-state index contributed by atoms with van der Waals surface area (Å²) in [6.45, 7) is 5.45. The number of hydrogen-bond donors (Lipinski definition) is 3. The van der Waals surface area contributed by atoms with Crippen molar-refractivity contribution in [3.05, 3.63) is 35.4 Å².